The molecule has 180 valence electrons. The van der Waals surface area contributed by atoms with Gasteiger partial charge in [-0.05, 0) is 85.3 Å². The second-order valence-electron chi connectivity index (χ2n) is 7.68. The minimum absolute atomic E-state index is 0.870. The third-order valence-corrected chi connectivity index (χ3v) is 5.24. The Hall–Kier alpha value is -4.18. The lowest BCUT2D eigenvalue weighted by molar-refractivity contribution is -0.0987. The molecular weight excluding hydrogens is 436 g/mol. The molecule has 35 heavy (non-hydrogen) atoms. The van der Waals surface area contributed by atoms with Crippen molar-refractivity contribution < 1.29 is 19.1 Å². The van der Waals surface area contributed by atoms with Crippen molar-refractivity contribution in [1.82, 2.24) is 0 Å². The van der Waals surface area contributed by atoms with Gasteiger partial charge in [-0.2, -0.15) is 0 Å². The first-order chi connectivity index (χ1) is 17.3. The van der Waals surface area contributed by atoms with E-state index in [2.05, 4.69) is 48.5 Å². The summed E-state index contributed by atoms with van der Waals surface area (Å²) in [5.74, 6) is 3.51. The van der Waals surface area contributed by atoms with Gasteiger partial charge in [0.2, 0.25) is 0 Å². The lowest BCUT2D eigenvalue weighted by Crippen LogP contribution is -1.90. The van der Waals surface area contributed by atoms with E-state index in [4.69, 9.17) is 19.1 Å². The molecule has 0 radical (unpaired) electrons. The highest BCUT2D eigenvalue weighted by atomic mass is 16.5. The van der Waals surface area contributed by atoms with E-state index in [0.717, 1.165) is 35.8 Å². The topological polar surface area (TPSA) is 52.6 Å². The third-order valence-electron chi connectivity index (χ3n) is 5.24. The standard InChI is InChI=1S/C29H28O2.2CH2O/c1(4-10-24-16-20-28(21-17-24)30-26-12-6-2-7-13-26)5-11-25-18-22-29(23-19-25)31-27-14-8-3-9-15-27;2*1-2/h2-3,6-9,12-23H,1,4-5,10-11H2;2*1H2. The fraction of sp³-hybridized carbons (Fsp3) is 0.161. The lowest BCUT2D eigenvalue weighted by atomic mass is 10.0. The van der Waals surface area contributed by atoms with Crippen LogP contribution in [0, 0.1) is 0 Å². The number of benzene rings is 4. The van der Waals surface area contributed by atoms with E-state index in [1.54, 1.807) is 0 Å². The molecule has 0 saturated carbocycles. The Labute approximate surface area is 208 Å². The van der Waals surface area contributed by atoms with Gasteiger partial charge < -0.3 is 19.1 Å². The van der Waals surface area contributed by atoms with Gasteiger partial charge in [-0.25, -0.2) is 0 Å². The Kier molecular flexibility index (Phi) is 12.7. The summed E-state index contributed by atoms with van der Waals surface area (Å²) in [5.41, 5.74) is 2.73. The van der Waals surface area contributed by atoms with Gasteiger partial charge in [0, 0.05) is 0 Å². The van der Waals surface area contributed by atoms with Crippen LogP contribution in [0.1, 0.15) is 30.4 Å². The normalized spacial score (nSPS) is 9.60. The summed E-state index contributed by atoms with van der Waals surface area (Å²) in [4.78, 5) is 16.0. The third kappa shape index (κ3) is 10.1. The first kappa shape index (κ1) is 27.1. The van der Waals surface area contributed by atoms with Crippen molar-refractivity contribution in [2.24, 2.45) is 0 Å². The maximum atomic E-state index is 8.00. The lowest BCUT2D eigenvalue weighted by Gasteiger charge is -2.08. The van der Waals surface area contributed by atoms with E-state index < -0.39 is 0 Å². The van der Waals surface area contributed by atoms with Crippen molar-refractivity contribution in [3.63, 3.8) is 0 Å². The Morgan fingerprint density at radius 3 is 1.06 bits per heavy atom. The van der Waals surface area contributed by atoms with Crippen molar-refractivity contribution in [2.45, 2.75) is 32.1 Å². The summed E-state index contributed by atoms with van der Waals surface area (Å²) in [5, 5.41) is 0. The van der Waals surface area contributed by atoms with Crippen LogP contribution in [0.2, 0.25) is 0 Å². The largest absolute Gasteiger partial charge is 0.457 e. The Morgan fingerprint density at radius 1 is 0.400 bits per heavy atom. The van der Waals surface area contributed by atoms with Crippen LogP contribution in [-0.4, -0.2) is 13.6 Å². The average molecular weight is 469 g/mol. The number of hydrogen-bond donors (Lipinski definition) is 0. The molecule has 0 N–H and O–H groups in total. The van der Waals surface area contributed by atoms with E-state index in [1.807, 2.05) is 74.2 Å². The molecule has 4 rings (SSSR count). The van der Waals surface area contributed by atoms with Gasteiger partial charge in [-0.15, -0.1) is 0 Å². The predicted molar refractivity (Wildman–Crippen MR) is 141 cm³/mol. The van der Waals surface area contributed by atoms with Crippen molar-refractivity contribution in [3.05, 3.63) is 120 Å². The molecule has 0 aliphatic heterocycles. The summed E-state index contributed by atoms with van der Waals surface area (Å²) in [7, 11) is 0. The zero-order valence-electron chi connectivity index (χ0n) is 20.0. The van der Waals surface area contributed by atoms with Gasteiger partial charge in [-0.1, -0.05) is 67.1 Å². The van der Waals surface area contributed by atoms with E-state index in [9.17, 15) is 0 Å². The van der Waals surface area contributed by atoms with Gasteiger partial charge in [0.15, 0.2) is 0 Å². The van der Waals surface area contributed by atoms with E-state index in [0.29, 0.717) is 0 Å². The number of para-hydroxylation sites is 2. The van der Waals surface area contributed by atoms with E-state index in [1.165, 1.54) is 30.4 Å². The van der Waals surface area contributed by atoms with Crippen LogP contribution in [0.5, 0.6) is 23.0 Å². The molecular formula is C31H32O4. The molecule has 0 aliphatic rings. The quantitative estimate of drug-likeness (QED) is 0.222. The van der Waals surface area contributed by atoms with Crippen LogP contribution in [0.4, 0.5) is 0 Å². The number of carbonyl (C=O) groups is 2. The molecule has 4 aromatic rings. The predicted octanol–water partition coefficient (Wildman–Crippen LogP) is 7.86. The van der Waals surface area contributed by atoms with Crippen molar-refractivity contribution in [2.75, 3.05) is 0 Å². The van der Waals surface area contributed by atoms with Crippen LogP contribution in [-0.2, 0) is 22.4 Å². The summed E-state index contributed by atoms with van der Waals surface area (Å²) in [6.45, 7) is 4.00. The molecule has 0 aliphatic carbocycles. The monoisotopic (exact) mass is 468 g/mol. The fourth-order valence-electron chi connectivity index (χ4n) is 3.53. The Balaban J connectivity index is 0.00000103. The van der Waals surface area contributed by atoms with Gasteiger partial charge >= 0.3 is 0 Å². The molecule has 4 aromatic carbocycles. The molecule has 0 spiro atoms. The molecule has 0 saturated heterocycles. The van der Waals surface area contributed by atoms with Crippen molar-refractivity contribution >= 4 is 13.6 Å². The number of carbonyl (C=O) groups excluding carboxylic acids is 2. The van der Waals surface area contributed by atoms with Gasteiger partial charge in [-0.3, -0.25) is 0 Å². The van der Waals surface area contributed by atoms with Crippen LogP contribution in [0.15, 0.2) is 109 Å². The summed E-state index contributed by atoms with van der Waals surface area (Å²) in [6, 6.07) is 36.7. The highest BCUT2D eigenvalue weighted by molar-refractivity contribution is 5.34. The average Bonchev–Trinajstić information content (AvgIpc) is 2.94. The Morgan fingerprint density at radius 2 is 0.714 bits per heavy atom. The minimum atomic E-state index is 0.870. The zero-order chi connectivity index (χ0) is 25.1. The second kappa shape index (κ2) is 16.4. The molecule has 0 aromatic heterocycles. The minimum Gasteiger partial charge on any atom is -0.457 e. The van der Waals surface area contributed by atoms with Gasteiger partial charge in [0.25, 0.3) is 0 Å². The second-order valence-corrected chi connectivity index (χ2v) is 7.68. The first-order valence-corrected chi connectivity index (χ1v) is 11.6. The smallest absolute Gasteiger partial charge is 0.127 e. The molecule has 0 unspecified atom stereocenters. The maximum Gasteiger partial charge on any atom is 0.127 e. The van der Waals surface area contributed by atoms with Gasteiger partial charge in [0.1, 0.15) is 36.6 Å². The molecule has 0 heterocycles. The van der Waals surface area contributed by atoms with Crippen LogP contribution < -0.4 is 9.47 Å². The maximum absolute atomic E-state index is 8.00. The number of unbranched alkanes of at least 4 members (excludes halogenated alkanes) is 2. The van der Waals surface area contributed by atoms with Crippen LogP contribution >= 0.6 is 0 Å². The molecule has 0 bridgehead atoms. The molecule has 0 fully saturated rings. The van der Waals surface area contributed by atoms with Crippen molar-refractivity contribution in [1.29, 1.82) is 0 Å². The first-order valence-electron chi connectivity index (χ1n) is 11.6. The van der Waals surface area contributed by atoms with E-state index in [-0.39, 0.29) is 0 Å². The molecule has 4 nitrogen and oxygen atoms in total. The zero-order valence-corrected chi connectivity index (χ0v) is 20.0. The molecule has 0 atom stereocenters. The highest BCUT2D eigenvalue weighted by Crippen LogP contribution is 2.23. The van der Waals surface area contributed by atoms with Crippen molar-refractivity contribution in [3.8, 4) is 23.0 Å². The number of hydrogen-bond acceptors (Lipinski definition) is 4. The number of ether oxygens (including phenoxy) is 2. The highest BCUT2D eigenvalue weighted by Gasteiger charge is 2.00. The van der Waals surface area contributed by atoms with Crippen LogP contribution in [0.3, 0.4) is 0 Å². The summed E-state index contributed by atoms with van der Waals surface area (Å²) < 4.78 is 11.7. The van der Waals surface area contributed by atoms with Gasteiger partial charge in [0.05, 0.1) is 0 Å². The molecule has 4 heteroatoms. The Bertz CT molecular complexity index is 974. The SMILES string of the molecule is C=O.C=O.c1ccc(Oc2ccc(CCCCCc3ccc(Oc4ccccc4)cc3)cc2)cc1. The van der Waals surface area contributed by atoms with E-state index >= 15 is 0 Å². The van der Waals surface area contributed by atoms with Crippen LogP contribution in [0.25, 0.3) is 0 Å². The summed E-state index contributed by atoms with van der Waals surface area (Å²) >= 11 is 0. The number of rotatable bonds is 10. The fourth-order valence-corrected chi connectivity index (χ4v) is 3.53. The summed E-state index contributed by atoms with van der Waals surface area (Å²) in [6.07, 6.45) is 5.84. The molecule has 0 amide bonds. The number of aryl methyl sites for hydroxylation is 2.